The molecule has 0 fully saturated rings. The van der Waals surface area contributed by atoms with Crippen molar-refractivity contribution in [1.29, 1.82) is 0 Å². The standard InChI is InChI=1S/2C11H9ClN4O/c12-10-7-9(3-6-14-10)16-11(17)15-8-1-4-13-5-2-8;12-9-7-8(4-6-13-9)15-11(17)16-10-3-1-2-5-14-10/h2*1-7H,(H2,13,14,15,16,17). The molecular weight excluding hydrogens is 479 g/mol. The van der Waals surface area contributed by atoms with Gasteiger partial charge >= 0.3 is 12.1 Å². The quantitative estimate of drug-likeness (QED) is 0.273. The molecule has 0 aliphatic rings. The van der Waals surface area contributed by atoms with E-state index in [0.29, 0.717) is 33.2 Å². The summed E-state index contributed by atoms with van der Waals surface area (Å²) in [7, 11) is 0. The summed E-state index contributed by atoms with van der Waals surface area (Å²) in [5.74, 6) is 0.477. The smallest absolute Gasteiger partial charge is 0.308 e. The Morgan fingerprint density at radius 1 is 0.588 bits per heavy atom. The second kappa shape index (κ2) is 12.7. The molecule has 0 radical (unpaired) electrons. The van der Waals surface area contributed by atoms with Crippen molar-refractivity contribution in [2.45, 2.75) is 0 Å². The van der Waals surface area contributed by atoms with Crippen molar-refractivity contribution >= 4 is 58.1 Å². The zero-order chi connectivity index (χ0) is 24.2. The number of rotatable bonds is 4. The number of carbonyl (C=O) groups is 2. The zero-order valence-corrected chi connectivity index (χ0v) is 19.0. The van der Waals surface area contributed by atoms with Crippen LogP contribution in [0.2, 0.25) is 10.3 Å². The van der Waals surface area contributed by atoms with Crippen molar-refractivity contribution in [3.8, 4) is 0 Å². The number of anilines is 4. The Morgan fingerprint density at radius 3 is 1.65 bits per heavy atom. The first-order valence-electron chi connectivity index (χ1n) is 9.68. The van der Waals surface area contributed by atoms with Crippen LogP contribution in [0.25, 0.3) is 0 Å². The fraction of sp³-hybridized carbons (Fsp3) is 0. The minimum atomic E-state index is -0.383. The molecule has 0 spiro atoms. The van der Waals surface area contributed by atoms with Crippen LogP contribution in [0.3, 0.4) is 0 Å². The highest BCUT2D eigenvalue weighted by Crippen LogP contribution is 2.13. The number of hydrogen-bond acceptors (Lipinski definition) is 6. The van der Waals surface area contributed by atoms with Gasteiger partial charge in [-0.25, -0.2) is 24.5 Å². The van der Waals surface area contributed by atoms with Crippen LogP contribution in [-0.2, 0) is 0 Å². The average molecular weight is 497 g/mol. The number of urea groups is 2. The lowest BCUT2D eigenvalue weighted by molar-refractivity contribution is 0.261. The van der Waals surface area contributed by atoms with Gasteiger partial charge in [-0.1, -0.05) is 29.3 Å². The molecule has 0 aromatic carbocycles. The van der Waals surface area contributed by atoms with Gasteiger partial charge in [-0.05, 0) is 48.5 Å². The van der Waals surface area contributed by atoms with Gasteiger partial charge in [0.05, 0.1) is 0 Å². The molecule has 4 amide bonds. The van der Waals surface area contributed by atoms with Gasteiger partial charge in [0.25, 0.3) is 0 Å². The van der Waals surface area contributed by atoms with Crippen LogP contribution in [0.1, 0.15) is 0 Å². The van der Waals surface area contributed by atoms with Gasteiger partial charge in [-0.2, -0.15) is 0 Å². The van der Waals surface area contributed by atoms with Crippen molar-refractivity contribution in [3.63, 3.8) is 0 Å². The third-order valence-electron chi connectivity index (χ3n) is 3.81. The van der Waals surface area contributed by atoms with Crippen molar-refractivity contribution in [1.82, 2.24) is 19.9 Å². The summed E-state index contributed by atoms with van der Waals surface area (Å²) in [6, 6.07) is 14.3. The predicted molar refractivity (Wildman–Crippen MR) is 132 cm³/mol. The summed E-state index contributed by atoms with van der Waals surface area (Å²) in [4.78, 5) is 38.6. The van der Waals surface area contributed by atoms with E-state index in [4.69, 9.17) is 23.2 Å². The van der Waals surface area contributed by atoms with E-state index in [0.717, 1.165) is 0 Å². The van der Waals surface area contributed by atoms with E-state index in [2.05, 4.69) is 41.2 Å². The van der Waals surface area contributed by atoms with Gasteiger partial charge in [0, 0.05) is 48.0 Å². The Balaban J connectivity index is 0.000000191. The number of pyridine rings is 4. The minimum absolute atomic E-state index is 0.320. The number of halogens is 2. The van der Waals surface area contributed by atoms with Crippen molar-refractivity contribution in [2.75, 3.05) is 21.3 Å². The molecule has 172 valence electrons. The molecule has 0 bridgehead atoms. The fourth-order valence-electron chi connectivity index (χ4n) is 2.40. The van der Waals surface area contributed by atoms with Crippen LogP contribution >= 0.6 is 23.2 Å². The number of amides is 4. The van der Waals surface area contributed by atoms with Crippen LogP contribution in [0.5, 0.6) is 0 Å². The molecule has 4 heterocycles. The fourth-order valence-corrected chi connectivity index (χ4v) is 2.75. The normalized spacial score (nSPS) is 9.71. The molecule has 4 rings (SSSR count). The lowest BCUT2D eigenvalue weighted by Crippen LogP contribution is -2.19. The lowest BCUT2D eigenvalue weighted by atomic mass is 10.4. The summed E-state index contributed by atoms with van der Waals surface area (Å²) in [6.45, 7) is 0. The molecule has 10 nitrogen and oxygen atoms in total. The Bertz CT molecular complexity index is 1130. The van der Waals surface area contributed by atoms with E-state index in [1.807, 2.05) is 0 Å². The third-order valence-corrected chi connectivity index (χ3v) is 4.23. The van der Waals surface area contributed by atoms with Crippen molar-refractivity contribution < 1.29 is 9.59 Å². The molecular formula is C22H18Cl2N8O2. The molecule has 34 heavy (non-hydrogen) atoms. The Labute approximate surface area is 204 Å². The summed E-state index contributed by atoms with van der Waals surface area (Å²) in [5.41, 5.74) is 1.81. The van der Waals surface area contributed by atoms with Gasteiger partial charge in [-0.15, -0.1) is 0 Å². The number of nitrogens with zero attached hydrogens (tertiary/aromatic N) is 4. The monoisotopic (exact) mass is 496 g/mol. The van der Waals surface area contributed by atoms with E-state index < -0.39 is 0 Å². The van der Waals surface area contributed by atoms with Crippen LogP contribution in [0.4, 0.5) is 32.5 Å². The molecule has 4 N–H and O–H groups in total. The summed E-state index contributed by atoms with van der Waals surface area (Å²) < 4.78 is 0. The molecule has 0 atom stereocenters. The Morgan fingerprint density at radius 2 is 1.12 bits per heavy atom. The van der Waals surface area contributed by atoms with E-state index in [1.165, 1.54) is 12.4 Å². The topological polar surface area (TPSA) is 134 Å². The first-order valence-corrected chi connectivity index (χ1v) is 10.4. The van der Waals surface area contributed by atoms with Crippen molar-refractivity contribution in [2.24, 2.45) is 0 Å². The molecule has 0 saturated heterocycles. The molecule has 12 heteroatoms. The first-order chi connectivity index (χ1) is 16.5. The number of aromatic nitrogens is 4. The maximum Gasteiger partial charge on any atom is 0.324 e. The second-order valence-electron chi connectivity index (χ2n) is 6.34. The highest BCUT2D eigenvalue weighted by Gasteiger charge is 2.04. The van der Waals surface area contributed by atoms with Crippen LogP contribution in [0, 0.1) is 0 Å². The minimum Gasteiger partial charge on any atom is -0.308 e. The summed E-state index contributed by atoms with van der Waals surface area (Å²) >= 11 is 11.4. The van der Waals surface area contributed by atoms with Gasteiger partial charge in [0.2, 0.25) is 0 Å². The zero-order valence-electron chi connectivity index (χ0n) is 17.4. The van der Waals surface area contributed by atoms with Gasteiger partial charge in [0.15, 0.2) is 0 Å². The number of carbonyl (C=O) groups excluding carboxylic acids is 2. The van der Waals surface area contributed by atoms with Crippen molar-refractivity contribution in [3.05, 3.63) is 95.9 Å². The lowest BCUT2D eigenvalue weighted by Gasteiger charge is -2.06. The second-order valence-corrected chi connectivity index (χ2v) is 7.12. The maximum atomic E-state index is 11.6. The maximum absolute atomic E-state index is 11.6. The molecule has 0 aliphatic heterocycles. The SMILES string of the molecule is O=C(Nc1ccnc(Cl)c1)Nc1ccccn1.O=C(Nc1ccncc1)Nc1ccnc(Cl)c1. The summed E-state index contributed by atoms with van der Waals surface area (Å²) in [6.07, 6.45) is 7.82. The molecule has 4 aromatic heterocycles. The first kappa shape index (κ1) is 24.4. The molecule has 0 unspecified atom stereocenters. The van der Waals surface area contributed by atoms with E-state index >= 15 is 0 Å². The summed E-state index contributed by atoms with van der Waals surface area (Å²) in [5, 5.41) is 11.1. The third kappa shape index (κ3) is 8.69. The van der Waals surface area contributed by atoms with E-state index in [9.17, 15) is 9.59 Å². The van der Waals surface area contributed by atoms with Gasteiger partial charge in [0.1, 0.15) is 16.1 Å². The van der Waals surface area contributed by atoms with Crippen LogP contribution in [0.15, 0.2) is 85.6 Å². The highest BCUT2D eigenvalue weighted by atomic mass is 35.5. The molecule has 0 saturated carbocycles. The van der Waals surface area contributed by atoms with E-state index in [-0.39, 0.29) is 12.1 Å². The van der Waals surface area contributed by atoms with Crippen LogP contribution < -0.4 is 21.3 Å². The van der Waals surface area contributed by atoms with E-state index in [1.54, 1.807) is 73.2 Å². The van der Waals surface area contributed by atoms with Gasteiger partial charge in [-0.3, -0.25) is 10.3 Å². The van der Waals surface area contributed by atoms with Gasteiger partial charge < -0.3 is 16.0 Å². The molecule has 0 aliphatic carbocycles. The number of hydrogen-bond donors (Lipinski definition) is 4. The number of nitrogens with one attached hydrogen (secondary N) is 4. The average Bonchev–Trinajstić information content (AvgIpc) is 2.81. The largest absolute Gasteiger partial charge is 0.324 e. The predicted octanol–water partition coefficient (Wildman–Crippen LogP) is 5.55. The highest BCUT2D eigenvalue weighted by molar-refractivity contribution is 6.30. The molecule has 4 aromatic rings. The van der Waals surface area contributed by atoms with Crippen LogP contribution in [-0.4, -0.2) is 32.0 Å². The Kier molecular flexibility index (Phi) is 9.09. The Hall–Kier alpha value is -4.28.